The number of hydrogen-bond acceptors (Lipinski definition) is 7. The van der Waals surface area contributed by atoms with Crippen molar-refractivity contribution in [2.75, 3.05) is 0 Å². The van der Waals surface area contributed by atoms with Gasteiger partial charge in [0.05, 0.1) is 12.2 Å². The summed E-state index contributed by atoms with van der Waals surface area (Å²) in [5, 5.41) is 22.3. The quantitative estimate of drug-likeness (QED) is 0.328. The van der Waals surface area contributed by atoms with E-state index < -0.39 is 29.0 Å². The predicted molar refractivity (Wildman–Crippen MR) is 151 cm³/mol. The van der Waals surface area contributed by atoms with Crippen molar-refractivity contribution in [1.29, 1.82) is 0 Å². The Hall–Kier alpha value is -1.18. The maximum absolute atomic E-state index is 12.5. The van der Waals surface area contributed by atoms with Gasteiger partial charge >= 0.3 is 11.9 Å². The second-order valence-electron chi connectivity index (χ2n) is 15.6. The standard InChI is InChI=1S/C33H54O7/c1-18(19(2)29(5,6)39-21(4)35)28(38-20(3)34)32(9)33(40-32)27(37)17-26-24-11-10-22-16-23(36)12-14-30(22,7)25(24)13-15-31(26,33)8/h18-19,22-28,36-37H,10-17H2,1-9H3/t18-,19-,22-,23+,24+,25-,26-,27-,28+,30-,31-,32-,33-/m0/s1. The summed E-state index contributed by atoms with van der Waals surface area (Å²) in [4.78, 5) is 24.3. The van der Waals surface area contributed by atoms with Crippen molar-refractivity contribution in [2.24, 2.45) is 46.3 Å². The van der Waals surface area contributed by atoms with Gasteiger partial charge in [-0.15, -0.1) is 0 Å². The number of aliphatic hydroxyl groups is 2. The van der Waals surface area contributed by atoms with Gasteiger partial charge < -0.3 is 24.4 Å². The lowest BCUT2D eigenvalue weighted by atomic mass is 9.44. The molecule has 7 nitrogen and oxygen atoms in total. The Balaban J connectivity index is 1.45. The molecule has 1 heterocycles. The first-order chi connectivity index (χ1) is 18.4. The maximum Gasteiger partial charge on any atom is 0.303 e. The van der Waals surface area contributed by atoms with E-state index >= 15 is 0 Å². The van der Waals surface area contributed by atoms with Crippen LogP contribution in [-0.2, 0) is 23.8 Å². The Labute approximate surface area is 241 Å². The molecule has 228 valence electrons. The van der Waals surface area contributed by atoms with Gasteiger partial charge in [0.25, 0.3) is 0 Å². The van der Waals surface area contributed by atoms with Crippen molar-refractivity contribution in [2.45, 2.75) is 149 Å². The zero-order valence-electron chi connectivity index (χ0n) is 26.3. The van der Waals surface area contributed by atoms with Crippen molar-refractivity contribution in [3.63, 3.8) is 0 Å². The van der Waals surface area contributed by atoms with Crippen molar-refractivity contribution < 1.29 is 34.0 Å². The number of carbonyl (C=O) groups excluding carboxylic acids is 2. The van der Waals surface area contributed by atoms with E-state index in [0.717, 1.165) is 44.9 Å². The summed E-state index contributed by atoms with van der Waals surface area (Å²) in [6, 6.07) is 0. The van der Waals surface area contributed by atoms with Gasteiger partial charge in [-0.25, -0.2) is 0 Å². The monoisotopic (exact) mass is 562 g/mol. The van der Waals surface area contributed by atoms with Crippen LogP contribution in [0.3, 0.4) is 0 Å². The Morgan fingerprint density at radius 3 is 2.23 bits per heavy atom. The second kappa shape index (κ2) is 9.67. The molecule has 2 N–H and O–H groups in total. The first-order valence-electron chi connectivity index (χ1n) is 15.9. The van der Waals surface area contributed by atoms with Gasteiger partial charge in [-0.1, -0.05) is 27.7 Å². The van der Waals surface area contributed by atoms with Crippen LogP contribution in [0, 0.1) is 46.3 Å². The van der Waals surface area contributed by atoms with Gasteiger partial charge in [0.15, 0.2) is 0 Å². The maximum atomic E-state index is 12.5. The fraction of sp³-hybridized carbons (Fsp3) is 0.939. The van der Waals surface area contributed by atoms with Crippen LogP contribution in [0.2, 0.25) is 0 Å². The van der Waals surface area contributed by atoms with Crippen LogP contribution in [0.4, 0.5) is 0 Å². The van der Waals surface area contributed by atoms with Crippen molar-refractivity contribution in [3.05, 3.63) is 0 Å². The third kappa shape index (κ3) is 4.14. The highest BCUT2D eigenvalue weighted by Crippen LogP contribution is 2.77. The molecule has 1 spiro atoms. The predicted octanol–water partition coefficient (Wildman–Crippen LogP) is 5.43. The van der Waals surface area contributed by atoms with Gasteiger partial charge in [0.1, 0.15) is 22.9 Å². The zero-order valence-corrected chi connectivity index (χ0v) is 26.3. The third-order valence-corrected chi connectivity index (χ3v) is 13.5. The van der Waals surface area contributed by atoms with Crippen molar-refractivity contribution in [3.8, 4) is 0 Å². The molecule has 0 aromatic carbocycles. The SMILES string of the molecule is CC(=O)O[C@H]([C@@H](C)[C@H](C)C(C)(C)OC(C)=O)[C@]1(C)O[C@]12[C@@H](O)C[C@H]1[C@@H]3CC[C@H]4C[C@H](O)CC[C@]4(C)[C@H]3CC[C@@]12C. The Morgan fingerprint density at radius 2 is 1.60 bits per heavy atom. The molecule has 0 radical (unpaired) electrons. The highest BCUT2D eigenvalue weighted by atomic mass is 16.7. The summed E-state index contributed by atoms with van der Waals surface area (Å²) < 4.78 is 18.6. The van der Waals surface area contributed by atoms with Crippen LogP contribution in [0.15, 0.2) is 0 Å². The van der Waals surface area contributed by atoms with Crippen LogP contribution in [-0.4, -0.2) is 57.3 Å². The van der Waals surface area contributed by atoms with Gasteiger partial charge in [-0.05, 0) is 101 Å². The average Bonchev–Trinajstić information content (AvgIpc) is 3.44. The molecule has 0 aromatic rings. The summed E-state index contributed by atoms with van der Waals surface area (Å²) in [5.41, 5.74) is -2.36. The minimum absolute atomic E-state index is 0.131. The summed E-state index contributed by atoms with van der Waals surface area (Å²) >= 11 is 0. The van der Waals surface area contributed by atoms with E-state index in [2.05, 4.69) is 13.8 Å². The van der Waals surface area contributed by atoms with E-state index in [1.807, 2.05) is 34.6 Å². The zero-order chi connectivity index (χ0) is 29.6. The summed E-state index contributed by atoms with van der Waals surface area (Å²) in [6.45, 7) is 17.6. The number of rotatable bonds is 6. The molecule has 0 amide bonds. The number of fused-ring (bicyclic) bond motifs is 6. The van der Waals surface area contributed by atoms with Gasteiger partial charge in [-0.2, -0.15) is 0 Å². The van der Waals surface area contributed by atoms with Crippen molar-refractivity contribution >= 4 is 11.9 Å². The fourth-order valence-corrected chi connectivity index (χ4v) is 11.2. The molecule has 0 aromatic heterocycles. The van der Waals surface area contributed by atoms with Gasteiger partial charge in [0, 0.05) is 31.1 Å². The molecule has 7 heteroatoms. The van der Waals surface area contributed by atoms with Crippen LogP contribution in [0.25, 0.3) is 0 Å². The van der Waals surface area contributed by atoms with E-state index in [9.17, 15) is 19.8 Å². The van der Waals surface area contributed by atoms with Crippen molar-refractivity contribution in [1.82, 2.24) is 0 Å². The largest absolute Gasteiger partial charge is 0.460 e. The average molecular weight is 563 g/mol. The van der Waals surface area contributed by atoms with E-state index in [4.69, 9.17) is 14.2 Å². The Morgan fingerprint density at radius 1 is 0.925 bits per heavy atom. The molecule has 4 saturated carbocycles. The molecule has 0 unspecified atom stereocenters. The minimum atomic E-state index is -0.843. The van der Waals surface area contributed by atoms with E-state index in [1.54, 1.807) is 0 Å². The summed E-state index contributed by atoms with van der Waals surface area (Å²) in [6.07, 6.45) is 6.64. The number of carbonyl (C=O) groups is 2. The number of hydrogen-bond donors (Lipinski definition) is 2. The molecule has 5 rings (SSSR count). The number of esters is 2. The normalized spacial score (nSPS) is 48.3. The topological polar surface area (TPSA) is 106 Å². The number of epoxide rings is 1. The third-order valence-electron chi connectivity index (χ3n) is 13.5. The summed E-state index contributed by atoms with van der Waals surface area (Å²) in [7, 11) is 0. The van der Waals surface area contributed by atoms with Gasteiger partial charge in [-0.3, -0.25) is 9.59 Å². The van der Waals surface area contributed by atoms with Gasteiger partial charge in [0.2, 0.25) is 0 Å². The molecule has 5 fully saturated rings. The Bertz CT molecular complexity index is 1030. The lowest BCUT2D eigenvalue weighted by Gasteiger charge is -2.60. The lowest BCUT2D eigenvalue weighted by molar-refractivity contribution is -0.169. The molecule has 40 heavy (non-hydrogen) atoms. The van der Waals surface area contributed by atoms with Crippen LogP contribution >= 0.6 is 0 Å². The highest BCUT2D eigenvalue weighted by Gasteiger charge is 2.86. The number of aliphatic hydroxyl groups excluding tert-OH is 2. The van der Waals surface area contributed by atoms with Crippen LogP contribution in [0.1, 0.15) is 114 Å². The van der Waals surface area contributed by atoms with Crippen LogP contribution < -0.4 is 0 Å². The molecular weight excluding hydrogens is 508 g/mol. The first-order valence-corrected chi connectivity index (χ1v) is 15.9. The van der Waals surface area contributed by atoms with Crippen LogP contribution in [0.5, 0.6) is 0 Å². The van der Waals surface area contributed by atoms with E-state index in [1.165, 1.54) is 13.8 Å². The second-order valence-corrected chi connectivity index (χ2v) is 15.6. The molecule has 0 bridgehead atoms. The minimum Gasteiger partial charge on any atom is -0.460 e. The molecule has 4 aliphatic carbocycles. The lowest BCUT2D eigenvalue weighted by Crippen LogP contribution is -2.58. The summed E-state index contributed by atoms with van der Waals surface area (Å²) in [5.74, 6) is 1.04. The first kappa shape index (κ1) is 30.3. The smallest absolute Gasteiger partial charge is 0.303 e. The molecule has 5 aliphatic rings. The molecular formula is C33H54O7. The highest BCUT2D eigenvalue weighted by molar-refractivity contribution is 5.67. The number of ether oxygens (including phenoxy) is 3. The van der Waals surface area contributed by atoms with E-state index in [-0.39, 0.29) is 40.7 Å². The van der Waals surface area contributed by atoms with E-state index in [0.29, 0.717) is 30.1 Å². The Kier molecular flexibility index (Phi) is 7.32. The molecule has 1 saturated heterocycles. The molecule has 1 aliphatic heterocycles. The molecule has 13 atom stereocenters. The fourth-order valence-electron chi connectivity index (χ4n) is 11.2.